The van der Waals surface area contributed by atoms with Gasteiger partial charge in [0.25, 0.3) is 0 Å². The number of benzene rings is 4. The lowest BCUT2D eigenvalue weighted by atomic mass is 9.85. The van der Waals surface area contributed by atoms with Crippen molar-refractivity contribution in [2.75, 3.05) is 6.61 Å². The molecule has 0 spiro atoms. The molecule has 0 aliphatic heterocycles. The van der Waals surface area contributed by atoms with Gasteiger partial charge in [-0.3, -0.25) is 0 Å². The van der Waals surface area contributed by atoms with Crippen molar-refractivity contribution in [3.05, 3.63) is 143 Å². The first-order valence-electron chi connectivity index (χ1n) is 15.0. The van der Waals surface area contributed by atoms with Gasteiger partial charge in [0.05, 0.1) is 0 Å². The summed E-state index contributed by atoms with van der Waals surface area (Å²) in [5, 5.41) is 8.86. The molecule has 0 aromatic heterocycles. The summed E-state index contributed by atoms with van der Waals surface area (Å²) < 4.78 is 0. The molecule has 0 unspecified atom stereocenters. The fourth-order valence-electron chi connectivity index (χ4n) is 5.42. The first kappa shape index (κ1) is 28.6. The van der Waals surface area contributed by atoms with Crippen LogP contribution in [0.3, 0.4) is 0 Å². The van der Waals surface area contributed by atoms with E-state index in [2.05, 4.69) is 115 Å². The van der Waals surface area contributed by atoms with Crippen LogP contribution in [0.15, 0.2) is 115 Å². The van der Waals surface area contributed by atoms with E-state index in [1.807, 2.05) is 0 Å². The summed E-state index contributed by atoms with van der Waals surface area (Å²) >= 11 is 0. The summed E-state index contributed by atoms with van der Waals surface area (Å²) in [5.41, 5.74) is 8.93. The minimum absolute atomic E-state index is 0.343. The molecule has 4 rings (SSSR count). The van der Waals surface area contributed by atoms with Gasteiger partial charge in [0.15, 0.2) is 0 Å². The van der Waals surface area contributed by atoms with Gasteiger partial charge in [0, 0.05) is 6.61 Å². The second kappa shape index (κ2) is 16.5. The van der Waals surface area contributed by atoms with Gasteiger partial charge in [-0.15, -0.1) is 0 Å². The standard InChI is InChI=1S/C38H44O/c39-31-19-8-6-4-2-1-3-5-7-12-20-32-27-29-36(30-28-32)38(35-25-17-11-18-26-35)37(33-21-13-9-14-22-33)34-23-15-10-16-24-34/h9-11,13-18,21-30,39H,1-8,12,19-20,31H2. The van der Waals surface area contributed by atoms with E-state index in [1.165, 1.54) is 96.8 Å². The molecule has 0 aliphatic carbocycles. The predicted octanol–water partition coefficient (Wildman–Crippen LogP) is 10.1. The molecule has 0 aliphatic rings. The van der Waals surface area contributed by atoms with Crippen LogP contribution in [0.5, 0.6) is 0 Å². The molecule has 1 heteroatoms. The van der Waals surface area contributed by atoms with Crippen molar-refractivity contribution in [3.63, 3.8) is 0 Å². The molecule has 0 radical (unpaired) electrons. The Morgan fingerprint density at radius 3 is 1.08 bits per heavy atom. The highest BCUT2D eigenvalue weighted by Gasteiger charge is 2.16. The number of aryl methyl sites for hydroxylation is 1. The summed E-state index contributed by atoms with van der Waals surface area (Å²) in [5.74, 6) is 0. The third kappa shape index (κ3) is 9.08. The Bertz CT molecular complexity index is 1180. The number of rotatable bonds is 16. The molecule has 39 heavy (non-hydrogen) atoms. The maximum atomic E-state index is 8.86. The van der Waals surface area contributed by atoms with E-state index in [1.54, 1.807) is 0 Å². The lowest BCUT2D eigenvalue weighted by Crippen LogP contribution is -1.98. The van der Waals surface area contributed by atoms with Crippen LogP contribution in [0.4, 0.5) is 0 Å². The number of unbranched alkanes of at least 4 members (excludes halogenated alkanes) is 9. The van der Waals surface area contributed by atoms with Crippen LogP contribution in [0.25, 0.3) is 11.1 Å². The molecule has 0 fully saturated rings. The molecule has 0 amide bonds. The Hall–Kier alpha value is -3.42. The molecule has 4 aromatic carbocycles. The van der Waals surface area contributed by atoms with Crippen LogP contribution < -0.4 is 0 Å². The molecular formula is C38H44O. The quantitative estimate of drug-likeness (QED) is 0.116. The third-order valence-corrected chi connectivity index (χ3v) is 7.55. The summed E-state index contributed by atoms with van der Waals surface area (Å²) in [6.07, 6.45) is 13.9. The summed E-state index contributed by atoms with van der Waals surface area (Å²) in [4.78, 5) is 0. The van der Waals surface area contributed by atoms with Crippen LogP contribution >= 0.6 is 0 Å². The molecule has 1 nitrogen and oxygen atoms in total. The fraction of sp³-hybridized carbons (Fsp3) is 0.316. The Kier molecular flexibility index (Phi) is 12.1. The van der Waals surface area contributed by atoms with E-state index in [9.17, 15) is 0 Å². The van der Waals surface area contributed by atoms with Crippen molar-refractivity contribution in [1.82, 2.24) is 0 Å². The average molecular weight is 517 g/mol. The van der Waals surface area contributed by atoms with Crippen LogP contribution in [-0.4, -0.2) is 11.7 Å². The van der Waals surface area contributed by atoms with Gasteiger partial charge in [-0.25, -0.2) is 0 Å². The summed E-state index contributed by atoms with van der Waals surface area (Å²) in [6.45, 7) is 0.343. The van der Waals surface area contributed by atoms with Crippen molar-refractivity contribution in [2.24, 2.45) is 0 Å². The van der Waals surface area contributed by atoms with Crippen molar-refractivity contribution in [3.8, 4) is 0 Å². The predicted molar refractivity (Wildman–Crippen MR) is 168 cm³/mol. The van der Waals surface area contributed by atoms with Gasteiger partial charge in [-0.05, 0) is 58.2 Å². The van der Waals surface area contributed by atoms with Gasteiger partial charge in [0.2, 0.25) is 0 Å². The molecule has 1 N–H and O–H groups in total. The number of aliphatic hydroxyl groups is 1. The number of aliphatic hydroxyl groups excluding tert-OH is 1. The SMILES string of the molecule is OCCCCCCCCCCCCc1ccc(C(=C(c2ccccc2)c2ccccc2)c2ccccc2)cc1. The van der Waals surface area contributed by atoms with E-state index in [-0.39, 0.29) is 0 Å². The molecule has 0 saturated heterocycles. The maximum absolute atomic E-state index is 8.86. The van der Waals surface area contributed by atoms with Gasteiger partial charge in [-0.2, -0.15) is 0 Å². The first-order chi connectivity index (χ1) is 19.4. The molecule has 0 heterocycles. The average Bonchev–Trinajstić information content (AvgIpc) is 3.00. The van der Waals surface area contributed by atoms with Gasteiger partial charge in [0.1, 0.15) is 0 Å². The molecule has 202 valence electrons. The summed E-state index contributed by atoms with van der Waals surface area (Å²) in [6, 6.07) is 41.7. The van der Waals surface area contributed by atoms with Crippen LogP contribution in [0.1, 0.15) is 92.0 Å². The highest BCUT2D eigenvalue weighted by molar-refractivity contribution is 6.04. The zero-order valence-electron chi connectivity index (χ0n) is 23.4. The van der Waals surface area contributed by atoms with Crippen LogP contribution in [0.2, 0.25) is 0 Å². The van der Waals surface area contributed by atoms with Crippen molar-refractivity contribution in [1.29, 1.82) is 0 Å². The smallest absolute Gasteiger partial charge is 0.0431 e. The molecule has 0 saturated carbocycles. The third-order valence-electron chi connectivity index (χ3n) is 7.55. The fourth-order valence-corrected chi connectivity index (χ4v) is 5.42. The van der Waals surface area contributed by atoms with E-state index >= 15 is 0 Å². The van der Waals surface area contributed by atoms with Crippen LogP contribution in [-0.2, 0) is 6.42 Å². The van der Waals surface area contributed by atoms with E-state index in [0.29, 0.717) is 6.61 Å². The minimum Gasteiger partial charge on any atom is -0.396 e. The topological polar surface area (TPSA) is 20.2 Å². The summed E-state index contributed by atoms with van der Waals surface area (Å²) in [7, 11) is 0. The second-order valence-corrected chi connectivity index (χ2v) is 10.6. The van der Waals surface area contributed by atoms with Gasteiger partial charge < -0.3 is 5.11 Å². The van der Waals surface area contributed by atoms with E-state index in [0.717, 1.165) is 12.8 Å². The van der Waals surface area contributed by atoms with Crippen molar-refractivity contribution >= 4 is 11.1 Å². The Morgan fingerprint density at radius 1 is 0.359 bits per heavy atom. The second-order valence-electron chi connectivity index (χ2n) is 10.6. The van der Waals surface area contributed by atoms with E-state index < -0.39 is 0 Å². The molecular weight excluding hydrogens is 472 g/mol. The highest BCUT2D eigenvalue weighted by atomic mass is 16.2. The number of hydrogen-bond acceptors (Lipinski definition) is 1. The Balaban J connectivity index is 1.44. The van der Waals surface area contributed by atoms with Crippen molar-refractivity contribution < 1.29 is 5.11 Å². The molecule has 0 bridgehead atoms. The normalized spacial score (nSPS) is 10.9. The van der Waals surface area contributed by atoms with Gasteiger partial charge >= 0.3 is 0 Å². The van der Waals surface area contributed by atoms with Gasteiger partial charge in [-0.1, -0.05) is 167 Å². The van der Waals surface area contributed by atoms with Crippen molar-refractivity contribution in [2.45, 2.75) is 70.6 Å². The highest BCUT2D eigenvalue weighted by Crippen LogP contribution is 2.36. The maximum Gasteiger partial charge on any atom is 0.0431 e. The monoisotopic (exact) mass is 516 g/mol. The van der Waals surface area contributed by atoms with E-state index in [4.69, 9.17) is 5.11 Å². The first-order valence-corrected chi connectivity index (χ1v) is 15.0. The Morgan fingerprint density at radius 2 is 0.692 bits per heavy atom. The molecule has 0 atom stereocenters. The zero-order chi connectivity index (χ0) is 27.0. The Labute approximate surface area is 236 Å². The zero-order valence-corrected chi connectivity index (χ0v) is 23.4. The number of hydrogen-bond donors (Lipinski definition) is 1. The minimum atomic E-state index is 0.343. The lowest BCUT2D eigenvalue weighted by Gasteiger charge is -2.18. The largest absolute Gasteiger partial charge is 0.396 e. The molecule has 4 aromatic rings. The lowest BCUT2D eigenvalue weighted by molar-refractivity contribution is 0.282. The van der Waals surface area contributed by atoms with Crippen LogP contribution in [0, 0.1) is 0 Å².